The van der Waals surface area contributed by atoms with Gasteiger partial charge < -0.3 is 9.53 Å². The fourth-order valence-electron chi connectivity index (χ4n) is 4.73. The minimum absolute atomic E-state index is 0.0386. The zero-order valence-electron chi connectivity index (χ0n) is 17.7. The molecular formula is C25H28ClNO2Si. The molecule has 1 aliphatic rings. The Kier molecular flexibility index (Phi) is 5.86. The van der Waals surface area contributed by atoms with E-state index in [0.717, 1.165) is 11.1 Å². The van der Waals surface area contributed by atoms with Crippen LogP contribution in [0.2, 0.25) is 10.2 Å². The lowest BCUT2D eigenvalue weighted by atomic mass is 10.1. The van der Waals surface area contributed by atoms with Crippen LogP contribution in [0.3, 0.4) is 0 Å². The van der Waals surface area contributed by atoms with Gasteiger partial charge in [0.05, 0.1) is 6.10 Å². The number of hydrogen-bond acceptors (Lipinski definition) is 3. The fraction of sp³-hybridized carbons (Fsp3) is 0.320. The summed E-state index contributed by atoms with van der Waals surface area (Å²) in [6, 6.07) is 23.0. The van der Waals surface area contributed by atoms with Gasteiger partial charge in [-0.15, -0.1) is 0 Å². The first kappa shape index (κ1) is 21.3. The van der Waals surface area contributed by atoms with Crippen LogP contribution in [0.15, 0.2) is 72.9 Å². The number of rotatable bonds is 5. The van der Waals surface area contributed by atoms with E-state index < -0.39 is 14.4 Å². The van der Waals surface area contributed by atoms with E-state index in [2.05, 4.69) is 74.3 Å². The number of nitrogens with zero attached hydrogens (tertiary/aromatic N) is 1. The molecule has 0 radical (unpaired) electrons. The predicted molar refractivity (Wildman–Crippen MR) is 125 cm³/mol. The molecule has 1 N–H and O–H groups in total. The van der Waals surface area contributed by atoms with Crippen molar-refractivity contribution in [1.29, 1.82) is 0 Å². The molecular weight excluding hydrogens is 410 g/mol. The van der Waals surface area contributed by atoms with Gasteiger partial charge in [-0.1, -0.05) is 93.0 Å². The van der Waals surface area contributed by atoms with Gasteiger partial charge in [-0.05, 0) is 39.0 Å². The quantitative estimate of drug-likeness (QED) is 0.471. The van der Waals surface area contributed by atoms with Crippen LogP contribution in [-0.2, 0) is 10.8 Å². The molecule has 4 rings (SSSR count). The van der Waals surface area contributed by atoms with E-state index in [4.69, 9.17) is 16.0 Å². The van der Waals surface area contributed by atoms with E-state index in [1.165, 1.54) is 10.4 Å². The van der Waals surface area contributed by atoms with Crippen molar-refractivity contribution in [3.63, 3.8) is 0 Å². The van der Waals surface area contributed by atoms with Crippen molar-refractivity contribution in [2.75, 3.05) is 6.61 Å². The Balaban J connectivity index is 1.72. The van der Waals surface area contributed by atoms with E-state index >= 15 is 0 Å². The summed E-state index contributed by atoms with van der Waals surface area (Å²) in [6.07, 6.45) is 1.76. The Morgan fingerprint density at radius 1 is 1.00 bits per heavy atom. The molecule has 2 atom stereocenters. The average Bonchev–Trinajstić information content (AvgIpc) is 3.06. The molecule has 2 aromatic carbocycles. The molecule has 156 valence electrons. The summed E-state index contributed by atoms with van der Waals surface area (Å²) in [4.78, 5) is 4.19. The van der Waals surface area contributed by atoms with Crippen LogP contribution in [0.1, 0.15) is 38.0 Å². The molecule has 5 heteroatoms. The summed E-state index contributed by atoms with van der Waals surface area (Å²) in [7, 11) is -2.62. The SMILES string of the molecule is CC(C)(C)[Si](OC[C@@H]1Cc2c(ccnc2Cl)[C@H]1O)(c1ccccc1)c1ccccc1. The van der Waals surface area contributed by atoms with Crippen LogP contribution in [0.5, 0.6) is 0 Å². The second-order valence-electron chi connectivity index (χ2n) is 9.05. The maximum absolute atomic E-state index is 11.0. The maximum Gasteiger partial charge on any atom is 0.261 e. The Morgan fingerprint density at radius 2 is 1.57 bits per heavy atom. The number of benzene rings is 2. The first-order valence-corrected chi connectivity index (χ1v) is 12.7. The standard InChI is InChI=1S/C25H28ClNO2Si/c1-25(2,3)30(19-10-6-4-7-11-19,20-12-8-5-9-13-20)29-17-18-16-22-21(23(18)28)14-15-27-24(22)26/h4-15,18,23,28H,16-17H2,1-3H3/t18-,23-/m0/s1. The molecule has 3 aromatic rings. The number of aliphatic hydroxyl groups excluding tert-OH is 1. The van der Waals surface area contributed by atoms with Crippen molar-refractivity contribution < 1.29 is 9.53 Å². The Bertz CT molecular complexity index is 965. The van der Waals surface area contributed by atoms with Gasteiger partial charge in [0.1, 0.15) is 5.15 Å². The van der Waals surface area contributed by atoms with Gasteiger partial charge >= 0.3 is 0 Å². The third-order valence-corrected chi connectivity index (χ3v) is 11.5. The number of fused-ring (bicyclic) bond motifs is 1. The number of aliphatic hydroxyl groups is 1. The molecule has 0 fully saturated rings. The van der Waals surface area contributed by atoms with Gasteiger partial charge in [-0.2, -0.15) is 0 Å². The summed E-state index contributed by atoms with van der Waals surface area (Å²) in [5.41, 5.74) is 1.83. The summed E-state index contributed by atoms with van der Waals surface area (Å²) in [5.74, 6) is -0.0386. The minimum atomic E-state index is -2.62. The average molecular weight is 438 g/mol. The lowest BCUT2D eigenvalue weighted by molar-refractivity contribution is 0.0852. The molecule has 0 aliphatic heterocycles. The van der Waals surface area contributed by atoms with Crippen molar-refractivity contribution in [2.24, 2.45) is 5.92 Å². The highest BCUT2D eigenvalue weighted by Gasteiger charge is 2.51. The number of halogens is 1. The van der Waals surface area contributed by atoms with Crippen LogP contribution in [0.25, 0.3) is 0 Å². The van der Waals surface area contributed by atoms with Crippen molar-refractivity contribution >= 4 is 30.3 Å². The third-order valence-electron chi connectivity index (χ3n) is 6.20. The molecule has 3 nitrogen and oxygen atoms in total. The lowest BCUT2D eigenvalue weighted by Gasteiger charge is -2.43. The molecule has 1 aliphatic carbocycles. The lowest BCUT2D eigenvalue weighted by Crippen LogP contribution is -2.67. The molecule has 0 amide bonds. The first-order valence-electron chi connectivity index (χ1n) is 10.4. The van der Waals surface area contributed by atoms with E-state index in [-0.39, 0.29) is 11.0 Å². The minimum Gasteiger partial charge on any atom is -0.407 e. The summed E-state index contributed by atoms with van der Waals surface area (Å²) < 4.78 is 7.01. The van der Waals surface area contributed by atoms with Crippen LogP contribution < -0.4 is 10.4 Å². The molecule has 1 heterocycles. The maximum atomic E-state index is 11.0. The number of aromatic nitrogens is 1. The van der Waals surface area contributed by atoms with Crippen molar-refractivity contribution in [3.05, 3.63) is 89.2 Å². The van der Waals surface area contributed by atoms with E-state index in [1.54, 1.807) is 6.20 Å². The third kappa shape index (κ3) is 3.63. The highest BCUT2D eigenvalue weighted by atomic mass is 35.5. The largest absolute Gasteiger partial charge is 0.407 e. The fourth-order valence-corrected chi connectivity index (χ4v) is 9.59. The van der Waals surface area contributed by atoms with Crippen LogP contribution >= 0.6 is 11.6 Å². The van der Waals surface area contributed by atoms with Gasteiger partial charge in [-0.3, -0.25) is 0 Å². The summed E-state index contributed by atoms with van der Waals surface area (Å²) >= 11 is 6.30. The highest BCUT2D eigenvalue weighted by molar-refractivity contribution is 6.99. The number of pyridine rings is 1. The van der Waals surface area contributed by atoms with Gasteiger partial charge in [0, 0.05) is 18.7 Å². The summed E-state index contributed by atoms with van der Waals surface area (Å²) in [6.45, 7) is 7.26. The Morgan fingerprint density at radius 3 is 2.07 bits per heavy atom. The zero-order chi connectivity index (χ0) is 21.4. The van der Waals surface area contributed by atoms with Crippen molar-refractivity contribution in [2.45, 2.75) is 38.3 Å². The first-order chi connectivity index (χ1) is 14.3. The van der Waals surface area contributed by atoms with E-state index in [1.807, 2.05) is 18.2 Å². The monoisotopic (exact) mass is 437 g/mol. The van der Waals surface area contributed by atoms with Crippen LogP contribution in [0.4, 0.5) is 0 Å². The molecule has 0 bridgehead atoms. The van der Waals surface area contributed by atoms with Crippen LogP contribution in [0, 0.1) is 5.92 Å². The molecule has 0 unspecified atom stereocenters. The second kappa shape index (κ2) is 8.27. The second-order valence-corrected chi connectivity index (χ2v) is 13.7. The van der Waals surface area contributed by atoms with E-state index in [0.29, 0.717) is 18.2 Å². The van der Waals surface area contributed by atoms with Gasteiger partial charge in [0.2, 0.25) is 0 Å². The molecule has 30 heavy (non-hydrogen) atoms. The van der Waals surface area contributed by atoms with Crippen LogP contribution in [-0.4, -0.2) is 25.0 Å². The molecule has 0 saturated heterocycles. The van der Waals surface area contributed by atoms with Gasteiger partial charge in [0.15, 0.2) is 0 Å². The van der Waals surface area contributed by atoms with Gasteiger partial charge in [-0.25, -0.2) is 4.98 Å². The van der Waals surface area contributed by atoms with Crippen molar-refractivity contribution in [3.8, 4) is 0 Å². The highest BCUT2D eigenvalue weighted by Crippen LogP contribution is 2.41. The Hall–Kier alpha value is -1.98. The van der Waals surface area contributed by atoms with Gasteiger partial charge in [0.25, 0.3) is 8.32 Å². The normalized spacial score (nSPS) is 19.0. The number of hydrogen-bond donors (Lipinski definition) is 1. The van der Waals surface area contributed by atoms with Crippen molar-refractivity contribution in [1.82, 2.24) is 4.98 Å². The zero-order valence-corrected chi connectivity index (χ0v) is 19.4. The Labute approximate surface area is 184 Å². The summed E-state index contributed by atoms with van der Waals surface area (Å²) in [5, 5.41) is 13.8. The molecule has 0 saturated carbocycles. The topological polar surface area (TPSA) is 42.4 Å². The smallest absolute Gasteiger partial charge is 0.261 e. The van der Waals surface area contributed by atoms with E-state index in [9.17, 15) is 5.11 Å². The molecule has 1 aromatic heterocycles. The predicted octanol–water partition coefficient (Wildman–Crippen LogP) is 4.52. The molecule has 0 spiro atoms.